The van der Waals surface area contributed by atoms with Crippen LogP contribution in [-0.2, 0) is 12.8 Å². The van der Waals surface area contributed by atoms with E-state index in [2.05, 4.69) is 61.7 Å². The van der Waals surface area contributed by atoms with Gasteiger partial charge in [0, 0.05) is 6.04 Å². The number of nitrogens with two attached hydrogens (primary N) is 1. The molecular formula is C17H22N2. The highest BCUT2D eigenvalue weighted by Crippen LogP contribution is 2.14. The molecule has 2 heteroatoms. The van der Waals surface area contributed by atoms with E-state index in [0.717, 1.165) is 12.8 Å². The first-order chi connectivity index (χ1) is 9.19. The van der Waals surface area contributed by atoms with E-state index < -0.39 is 0 Å². The third-order valence-electron chi connectivity index (χ3n) is 3.53. The zero-order valence-electron chi connectivity index (χ0n) is 11.7. The SMILES string of the molecule is Cc1ccc(C)c(CC(Cc2ccccc2)NN)c1. The molecule has 0 aromatic heterocycles. The van der Waals surface area contributed by atoms with Crippen LogP contribution in [0.3, 0.4) is 0 Å². The second-order valence-corrected chi connectivity index (χ2v) is 5.19. The number of nitrogens with one attached hydrogen (secondary N) is 1. The number of aryl methyl sites for hydroxylation is 2. The van der Waals surface area contributed by atoms with E-state index in [0.29, 0.717) is 0 Å². The van der Waals surface area contributed by atoms with Gasteiger partial charge in [-0.05, 0) is 43.4 Å². The molecule has 1 atom stereocenters. The Kier molecular flexibility index (Phi) is 4.72. The summed E-state index contributed by atoms with van der Waals surface area (Å²) in [6, 6.07) is 17.3. The smallest absolute Gasteiger partial charge is 0.0291 e. The highest BCUT2D eigenvalue weighted by molar-refractivity contribution is 5.31. The zero-order chi connectivity index (χ0) is 13.7. The molecule has 0 radical (unpaired) electrons. The third kappa shape index (κ3) is 3.91. The van der Waals surface area contributed by atoms with Crippen LogP contribution in [0.5, 0.6) is 0 Å². The quantitative estimate of drug-likeness (QED) is 0.636. The molecular weight excluding hydrogens is 232 g/mol. The number of benzene rings is 2. The molecule has 0 saturated carbocycles. The normalized spacial score (nSPS) is 12.4. The van der Waals surface area contributed by atoms with E-state index in [4.69, 9.17) is 5.84 Å². The monoisotopic (exact) mass is 254 g/mol. The van der Waals surface area contributed by atoms with Crippen LogP contribution in [0.2, 0.25) is 0 Å². The van der Waals surface area contributed by atoms with Crippen molar-refractivity contribution in [2.24, 2.45) is 5.84 Å². The average molecular weight is 254 g/mol. The summed E-state index contributed by atoms with van der Waals surface area (Å²) >= 11 is 0. The number of hydrogen-bond donors (Lipinski definition) is 2. The molecule has 0 aliphatic carbocycles. The number of rotatable bonds is 5. The van der Waals surface area contributed by atoms with Gasteiger partial charge < -0.3 is 0 Å². The molecule has 2 rings (SSSR count). The first-order valence-electron chi connectivity index (χ1n) is 6.75. The molecule has 3 N–H and O–H groups in total. The minimum Gasteiger partial charge on any atom is -0.271 e. The van der Waals surface area contributed by atoms with Gasteiger partial charge >= 0.3 is 0 Å². The molecule has 0 heterocycles. The lowest BCUT2D eigenvalue weighted by Gasteiger charge is -2.17. The van der Waals surface area contributed by atoms with Gasteiger partial charge in [0.25, 0.3) is 0 Å². The van der Waals surface area contributed by atoms with Gasteiger partial charge in [0.05, 0.1) is 0 Å². The van der Waals surface area contributed by atoms with Crippen molar-refractivity contribution in [1.82, 2.24) is 5.43 Å². The van der Waals surface area contributed by atoms with Crippen molar-refractivity contribution in [3.8, 4) is 0 Å². The molecule has 1 unspecified atom stereocenters. The standard InChI is InChI=1S/C17H22N2/c1-13-8-9-14(2)16(10-13)12-17(19-18)11-15-6-4-3-5-7-15/h3-10,17,19H,11-12,18H2,1-2H3. The Hall–Kier alpha value is -1.64. The highest BCUT2D eigenvalue weighted by Gasteiger charge is 2.10. The van der Waals surface area contributed by atoms with Gasteiger partial charge in [0.1, 0.15) is 0 Å². The Morgan fingerprint density at radius 2 is 1.74 bits per heavy atom. The fourth-order valence-corrected chi connectivity index (χ4v) is 2.37. The van der Waals surface area contributed by atoms with Gasteiger partial charge in [0.2, 0.25) is 0 Å². The minimum atomic E-state index is 0.267. The summed E-state index contributed by atoms with van der Waals surface area (Å²) in [4.78, 5) is 0. The molecule has 0 saturated heterocycles. The van der Waals surface area contributed by atoms with Crippen LogP contribution in [0.25, 0.3) is 0 Å². The van der Waals surface area contributed by atoms with E-state index in [1.165, 1.54) is 22.3 Å². The second-order valence-electron chi connectivity index (χ2n) is 5.19. The van der Waals surface area contributed by atoms with E-state index in [1.807, 2.05) is 6.07 Å². The van der Waals surface area contributed by atoms with Crippen molar-refractivity contribution in [3.63, 3.8) is 0 Å². The van der Waals surface area contributed by atoms with Crippen LogP contribution >= 0.6 is 0 Å². The molecule has 2 nitrogen and oxygen atoms in total. The molecule has 100 valence electrons. The summed E-state index contributed by atoms with van der Waals surface area (Å²) in [5, 5.41) is 0. The van der Waals surface area contributed by atoms with E-state index >= 15 is 0 Å². The van der Waals surface area contributed by atoms with Gasteiger partial charge in [-0.1, -0.05) is 54.1 Å². The van der Waals surface area contributed by atoms with Crippen LogP contribution in [0.15, 0.2) is 48.5 Å². The maximum absolute atomic E-state index is 5.71. The maximum atomic E-state index is 5.71. The van der Waals surface area contributed by atoms with Crippen LogP contribution in [0.4, 0.5) is 0 Å². The predicted molar refractivity (Wildman–Crippen MR) is 80.9 cm³/mol. The molecule has 0 spiro atoms. The van der Waals surface area contributed by atoms with Crippen molar-refractivity contribution in [2.45, 2.75) is 32.7 Å². The van der Waals surface area contributed by atoms with Gasteiger partial charge in [-0.2, -0.15) is 0 Å². The van der Waals surface area contributed by atoms with Crippen LogP contribution in [0, 0.1) is 13.8 Å². The van der Waals surface area contributed by atoms with E-state index in [-0.39, 0.29) is 6.04 Å². The lowest BCUT2D eigenvalue weighted by atomic mass is 9.95. The fourth-order valence-electron chi connectivity index (χ4n) is 2.37. The number of hydrogen-bond acceptors (Lipinski definition) is 2. The summed E-state index contributed by atoms with van der Waals surface area (Å²) in [5.41, 5.74) is 8.27. The Morgan fingerprint density at radius 1 is 1.00 bits per heavy atom. The molecule has 0 aliphatic rings. The van der Waals surface area contributed by atoms with Crippen molar-refractivity contribution >= 4 is 0 Å². The Balaban J connectivity index is 2.09. The largest absolute Gasteiger partial charge is 0.271 e. The summed E-state index contributed by atoms with van der Waals surface area (Å²) in [5.74, 6) is 5.71. The Bertz CT molecular complexity index is 520. The Morgan fingerprint density at radius 3 is 2.42 bits per heavy atom. The molecule has 0 bridgehead atoms. The second kappa shape index (κ2) is 6.50. The molecule has 2 aromatic carbocycles. The summed E-state index contributed by atoms with van der Waals surface area (Å²) in [6.45, 7) is 4.29. The third-order valence-corrected chi connectivity index (χ3v) is 3.53. The fraction of sp³-hybridized carbons (Fsp3) is 0.294. The summed E-state index contributed by atoms with van der Waals surface area (Å²) in [7, 11) is 0. The molecule has 2 aromatic rings. The van der Waals surface area contributed by atoms with Crippen LogP contribution in [-0.4, -0.2) is 6.04 Å². The molecule has 0 amide bonds. The van der Waals surface area contributed by atoms with Gasteiger partial charge in [0.15, 0.2) is 0 Å². The summed E-state index contributed by atoms with van der Waals surface area (Å²) in [6.07, 6.45) is 1.91. The van der Waals surface area contributed by atoms with Crippen LogP contribution < -0.4 is 11.3 Å². The van der Waals surface area contributed by atoms with Gasteiger partial charge in [-0.15, -0.1) is 0 Å². The molecule has 19 heavy (non-hydrogen) atoms. The summed E-state index contributed by atoms with van der Waals surface area (Å²) < 4.78 is 0. The van der Waals surface area contributed by atoms with E-state index in [9.17, 15) is 0 Å². The highest BCUT2D eigenvalue weighted by atomic mass is 15.2. The van der Waals surface area contributed by atoms with Crippen molar-refractivity contribution < 1.29 is 0 Å². The Labute approximate surface area is 115 Å². The molecule has 0 aliphatic heterocycles. The topological polar surface area (TPSA) is 38.0 Å². The average Bonchev–Trinajstić information content (AvgIpc) is 2.43. The maximum Gasteiger partial charge on any atom is 0.0291 e. The first kappa shape index (κ1) is 13.8. The van der Waals surface area contributed by atoms with Crippen molar-refractivity contribution in [2.75, 3.05) is 0 Å². The van der Waals surface area contributed by atoms with E-state index in [1.54, 1.807) is 0 Å². The number of hydrazine groups is 1. The van der Waals surface area contributed by atoms with Crippen molar-refractivity contribution in [3.05, 3.63) is 70.8 Å². The first-order valence-corrected chi connectivity index (χ1v) is 6.75. The van der Waals surface area contributed by atoms with Gasteiger partial charge in [-0.3, -0.25) is 11.3 Å². The lowest BCUT2D eigenvalue weighted by molar-refractivity contribution is 0.521. The predicted octanol–water partition coefficient (Wildman–Crippen LogP) is 2.92. The van der Waals surface area contributed by atoms with Crippen LogP contribution in [0.1, 0.15) is 22.3 Å². The minimum absolute atomic E-state index is 0.267. The van der Waals surface area contributed by atoms with Crippen molar-refractivity contribution in [1.29, 1.82) is 0 Å². The van der Waals surface area contributed by atoms with Gasteiger partial charge in [-0.25, -0.2) is 0 Å². The lowest BCUT2D eigenvalue weighted by Crippen LogP contribution is -2.38. The molecule has 0 fully saturated rings. The zero-order valence-corrected chi connectivity index (χ0v) is 11.7.